The summed E-state index contributed by atoms with van der Waals surface area (Å²) in [5, 5.41) is 14.3. The third-order valence-electron chi connectivity index (χ3n) is 3.77. The van der Waals surface area contributed by atoms with Crippen LogP contribution in [0.4, 0.5) is 10.5 Å². The summed E-state index contributed by atoms with van der Waals surface area (Å²) in [6, 6.07) is 7.13. The van der Waals surface area contributed by atoms with E-state index in [1.165, 1.54) is 11.8 Å². The number of carboxylic acids is 1. The zero-order valence-corrected chi connectivity index (χ0v) is 15.3. The summed E-state index contributed by atoms with van der Waals surface area (Å²) >= 11 is 1.52. The first-order valence-corrected chi connectivity index (χ1v) is 9.56. The number of nitrogens with one attached hydrogen (secondary N) is 2. The number of amides is 2. The van der Waals surface area contributed by atoms with Crippen LogP contribution in [-0.4, -0.2) is 45.1 Å². The highest BCUT2D eigenvalue weighted by molar-refractivity contribution is 7.98. The molecule has 2 aromatic heterocycles. The van der Waals surface area contributed by atoms with Crippen LogP contribution in [0.1, 0.15) is 6.42 Å². The van der Waals surface area contributed by atoms with Gasteiger partial charge in [0.25, 0.3) is 0 Å². The molecule has 27 heavy (non-hydrogen) atoms. The lowest BCUT2D eigenvalue weighted by molar-refractivity contribution is -0.139. The van der Waals surface area contributed by atoms with Crippen molar-refractivity contribution in [3.8, 4) is 11.5 Å². The summed E-state index contributed by atoms with van der Waals surface area (Å²) in [7, 11) is 0. The number of pyridine rings is 1. The lowest BCUT2D eigenvalue weighted by atomic mass is 10.2. The van der Waals surface area contributed by atoms with Crippen molar-refractivity contribution in [2.45, 2.75) is 12.5 Å². The van der Waals surface area contributed by atoms with E-state index in [4.69, 9.17) is 4.42 Å². The lowest BCUT2D eigenvalue weighted by Crippen LogP contribution is -2.43. The first-order valence-electron chi connectivity index (χ1n) is 8.17. The Balaban J connectivity index is 1.71. The molecule has 8 nitrogen and oxygen atoms in total. The van der Waals surface area contributed by atoms with Gasteiger partial charge in [0.05, 0.1) is 5.56 Å². The maximum Gasteiger partial charge on any atom is 0.326 e. The van der Waals surface area contributed by atoms with Crippen LogP contribution < -0.4 is 10.6 Å². The molecule has 0 saturated carbocycles. The van der Waals surface area contributed by atoms with Gasteiger partial charge in [0.2, 0.25) is 5.89 Å². The van der Waals surface area contributed by atoms with Gasteiger partial charge < -0.3 is 20.2 Å². The molecule has 9 heteroatoms. The van der Waals surface area contributed by atoms with Crippen molar-refractivity contribution >= 4 is 40.5 Å². The van der Waals surface area contributed by atoms with E-state index in [1.807, 2.05) is 12.3 Å². The number of aliphatic carboxylic acids is 1. The Morgan fingerprint density at radius 1 is 1.33 bits per heavy atom. The molecule has 0 radical (unpaired) electrons. The van der Waals surface area contributed by atoms with Crippen molar-refractivity contribution in [2.24, 2.45) is 0 Å². The molecule has 0 aliphatic carbocycles. The van der Waals surface area contributed by atoms with Gasteiger partial charge in [-0.1, -0.05) is 0 Å². The van der Waals surface area contributed by atoms with Gasteiger partial charge in [-0.3, -0.25) is 4.98 Å². The van der Waals surface area contributed by atoms with Gasteiger partial charge in [-0.25, -0.2) is 14.6 Å². The first-order chi connectivity index (χ1) is 13.1. The fourth-order valence-electron chi connectivity index (χ4n) is 2.44. The maximum absolute atomic E-state index is 12.1. The van der Waals surface area contributed by atoms with E-state index in [-0.39, 0.29) is 0 Å². The minimum absolute atomic E-state index is 0.348. The van der Waals surface area contributed by atoms with Gasteiger partial charge in [-0.2, -0.15) is 11.8 Å². The largest absolute Gasteiger partial charge is 0.480 e. The Kier molecular flexibility index (Phi) is 5.92. The summed E-state index contributed by atoms with van der Waals surface area (Å²) in [5.41, 5.74) is 2.38. The van der Waals surface area contributed by atoms with Crippen LogP contribution in [0.2, 0.25) is 0 Å². The number of carboxylic acid groups (broad SMARTS) is 1. The highest BCUT2D eigenvalue weighted by Crippen LogP contribution is 2.25. The predicted molar refractivity (Wildman–Crippen MR) is 104 cm³/mol. The number of thioether (sulfide) groups is 1. The van der Waals surface area contributed by atoms with Crippen molar-refractivity contribution in [1.29, 1.82) is 0 Å². The Morgan fingerprint density at radius 2 is 2.19 bits per heavy atom. The van der Waals surface area contributed by atoms with Crippen LogP contribution in [-0.2, 0) is 4.79 Å². The quantitative estimate of drug-likeness (QED) is 0.571. The molecule has 0 bridgehead atoms. The van der Waals surface area contributed by atoms with Gasteiger partial charge in [0.1, 0.15) is 11.6 Å². The number of carbonyl (C=O) groups excluding carboxylic acids is 1. The summed E-state index contributed by atoms with van der Waals surface area (Å²) in [6.07, 6.45) is 5.54. The smallest absolute Gasteiger partial charge is 0.326 e. The van der Waals surface area contributed by atoms with Crippen LogP contribution in [0.3, 0.4) is 0 Å². The van der Waals surface area contributed by atoms with E-state index < -0.39 is 18.0 Å². The topological polar surface area (TPSA) is 117 Å². The Labute approximate surface area is 159 Å². The summed E-state index contributed by atoms with van der Waals surface area (Å²) in [4.78, 5) is 31.8. The molecule has 2 amide bonds. The van der Waals surface area contributed by atoms with Crippen LogP contribution in [0, 0.1) is 0 Å². The van der Waals surface area contributed by atoms with Crippen molar-refractivity contribution in [1.82, 2.24) is 15.3 Å². The molecule has 0 fully saturated rings. The molecule has 3 N–H and O–H groups in total. The highest BCUT2D eigenvalue weighted by Gasteiger charge is 2.19. The molecule has 1 unspecified atom stereocenters. The Bertz CT molecular complexity index is 945. The molecule has 0 aliphatic heterocycles. The minimum atomic E-state index is -1.06. The lowest BCUT2D eigenvalue weighted by Gasteiger charge is -2.14. The number of oxazole rings is 1. The van der Waals surface area contributed by atoms with E-state index in [0.717, 1.165) is 5.56 Å². The summed E-state index contributed by atoms with van der Waals surface area (Å²) in [6.45, 7) is 0. The minimum Gasteiger partial charge on any atom is -0.480 e. The number of rotatable bonds is 7. The first kappa shape index (κ1) is 18.7. The van der Waals surface area contributed by atoms with Gasteiger partial charge >= 0.3 is 12.0 Å². The number of nitrogens with zero attached hydrogens (tertiary/aromatic N) is 2. The highest BCUT2D eigenvalue weighted by atomic mass is 32.2. The zero-order chi connectivity index (χ0) is 19.2. The maximum atomic E-state index is 12.1. The van der Waals surface area contributed by atoms with Crippen LogP contribution >= 0.6 is 11.8 Å². The van der Waals surface area contributed by atoms with E-state index in [9.17, 15) is 14.7 Å². The molecular formula is C18H18N4O4S. The fourth-order valence-corrected chi connectivity index (χ4v) is 2.91. The van der Waals surface area contributed by atoms with E-state index >= 15 is 0 Å². The number of hydrogen-bond donors (Lipinski definition) is 3. The van der Waals surface area contributed by atoms with Gasteiger partial charge in [0.15, 0.2) is 5.58 Å². The van der Waals surface area contributed by atoms with Crippen molar-refractivity contribution in [2.75, 3.05) is 17.3 Å². The number of urea groups is 1. The van der Waals surface area contributed by atoms with Crippen molar-refractivity contribution in [3.05, 3.63) is 42.7 Å². The van der Waals surface area contributed by atoms with Crippen LogP contribution in [0.5, 0.6) is 0 Å². The van der Waals surface area contributed by atoms with Gasteiger partial charge in [0, 0.05) is 18.1 Å². The molecule has 0 spiro atoms. The molecule has 1 atom stereocenters. The molecule has 3 rings (SSSR count). The number of hydrogen-bond acceptors (Lipinski definition) is 6. The number of anilines is 1. The molecule has 1 aromatic carbocycles. The van der Waals surface area contributed by atoms with Crippen molar-refractivity contribution in [3.63, 3.8) is 0 Å². The SMILES string of the molecule is CSCCC(NC(=O)Nc1ccc2oc(-c3cccnc3)nc2c1)C(=O)O. The van der Waals surface area contributed by atoms with Gasteiger partial charge in [-0.05, 0) is 48.8 Å². The second-order valence-electron chi connectivity index (χ2n) is 5.71. The fraction of sp³-hybridized carbons (Fsp3) is 0.222. The second-order valence-corrected chi connectivity index (χ2v) is 6.70. The standard InChI is InChI=1S/C18H18N4O4S/c1-27-8-6-13(17(23)24)22-18(25)20-12-4-5-15-14(9-12)21-16(26-15)11-3-2-7-19-10-11/h2-5,7,9-10,13H,6,8H2,1H3,(H,23,24)(H2,20,22,25). The van der Waals surface area contributed by atoms with E-state index in [1.54, 1.807) is 36.7 Å². The third kappa shape index (κ3) is 4.76. The van der Waals surface area contributed by atoms with Gasteiger partial charge in [-0.15, -0.1) is 0 Å². The number of aromatic nitrogens is 2. The average Bonchev–Trinajstić information content (AvgIpc) is 3.09. The molecule has 0 aliphatic rings. The second kappa shape index (κ2) is 8.54. The molecule has 140 valence electrons. The van der Waals surface area contributed by atoms with E-state index in [0.29, 0.717) is 34.9 Å². The number of fused-ring (bicyclic) bond motifs is 1. The molecular weight excluding hydrogens is 368 g/mol. The van der Waals surface area contributed by atoms with Crippen LogP contribution in [0.25, 0.3) is 22.6 Å². The zero-order valence-electron chi connectivity index (χ0n) is 14.5. The van der Waals surface area contributed by atoms with Crippen LogP contribution in [0.15, 0.2) is 47.1 Å². The Morgan fingerprint density at radius 3 is 2.89 bits per heavy atom. The summed E-state index contributed by atoms with van der Waals surface area (Å²) < 4.78 is 5.69. The molecule has 3 aromatic rings. The predicted octanol–water partition coefficient (Wildman–Crippen LogP) is 3.22. The Hall–Kier alpha value is -3.07. The number of carbonyl (C=O) groups is 2. The molecule has 0 saturated heterocycles. The molecule has 2 heterocycles. The monoisotopic (exact) mass is 386 g/mol. The summed E-state index contributed by atoms with van der Waals surface area (Å²) in [5.74, 6) is 0.00851. The number of benzene rings is 1. The average molecular weight is 386 g/mol. The van der Waals surface area contributed by atoms with Crippen molar-refractivity contribution < 1.29 is 19.1 Å². The van der Waals surface area contributed by atoms with E-state index in [2.05, 4.69) is 20.6 Å². The normalized spacial score (nSPS) is 11.9. The third-order valence-corrected chi connectivity index (χ3v) is 4.41.